The highest BCUT2D eigenvalue weighted by Gasteiger charge is 2.32. The van der Waals surface area contributed by atoms with Gasteiger partial charge in [0.05, 0.1) is 25.7 Å². The molecule has 2 aromatic heterocycles. The summed E-state index contributed by atoms with van der Waals surface area (Å²) in [6.45, 7) is 8.57. The van der Waals surface area contributed by atoms with Crippen LogP contribution in [0.25, 0.3) is 11.2 Å². The van der Waals surface area contributed by atoms with E-state index in [1.54, 1.807) is 31.7 Å². The van der Waals surface area contributed by atoms with Gasteiger partial charge in [-0.2, -0.15) is 0 Å². The number of nitrogens with zero attached hydrogens (tertiary/aromatic N) is 4. The minimum Gasteiger partial charge on any atom is -0.325 e. The lowest BCUT2D eigenvalue weighted by Crippen LogP contribution is -2.42. The molecule has 0 N–H and O–H groups in total. The molecule has 1 aliphatic rings. The molecule has 1 atom stereocenters. The van der Waals surface area contributed by atoms with Crippen LogP contribution in [0.2, 0.25) is 0 Å². The minimum atomic E-state index is -3.24. The second-order valence-electron chi connectivity index (χ2n) is 7.48. The number of imidazole rings is 1. The molecular formula is C19H31N4O5P. The molecule has 0 amide bonds. The Labute approximate surface area is 170 Å². The minimum absolute atomic E-state index is 0.0898. The molecule has 0 radical (unpaired) electrons. The van der Waals surface area contributed by atoms with Crippen LogP contribution in [0.5, 0.6) is 0 Å². The average Bonchev–Trinajstić information content (AvgIpc) is 3.41. The van der Waals surface area contributed by atoms with Crippen molar-refractivity contribution < 1.29 is 13.6 Å². The summed E-state index contributed by atoms with van der Waals surface area (Å²) >= 11 is 0. The Morgan fingerprint density at radius 1 is 1.21 bits per heavy atom. The fourth-order valence-corrected chi connectivity index (χ4v) is 5.48. The first kappa shape index (κ1) is 22.0. The monoisotopic (exact) mass is 426 g/mol. The molecule has 29 heavy (non-hydrogen) atoms. The standard InChI is InChI=1S/C19H31N4O5P/c1-5-11-21-13-20-17-16(21)18(24)22(19(25)23(17)15-8-9-15)14(4)10-12-29(26,27-6-2)28-7-3/h13-15H,5-12H2,1-4H3. The van der Waals surface area contributed by atoms with E-state index in [2.05, 4.69) is 4.98 Å². The highest BCUT2D eigenvalue weighted by Crippen LogP contribution is 2.49. The predicted octanol–water partition coefficient (Wildman–Crippen LogP) is 3.32. The van der Waals surface area contributed by atoms with Gasteiger partial charge in [0.1, 0.15) is 0 Å². The van der Waals surface area contributed by atoms with Crippen molar-refractivity contribution in [3.05, 3.63) is 27.2 Å². The second kappa shape index (κ2) is 8.98. The van der Waals surface area contributed by atoms with Gasteiger partial charge in [0.2, 0.25) is 0 Å². The van der Waals surface area contributed by atoms with E-state index in [0.717, 1.165) is 19.3 Å². The number of aromatic nitrogens is 4. The highest BCUT2D eigenvalue weighted by atomic mass is 31.2. The van der Waals surface area contributed by atoms with Gasteiger partial charge < -0.3 is 13.6 Å². The summed E-state index contributed by atoms with van der Waals surface area (Å²) in [6.07, 6.45) is 4.80. The Bertz CT molecular complexity index is 1010. The van der Waals surface area contributed by atoms with Crippen LogP contribution in [0, 0.1) is 0 Å². The molecule has 9 nitrogen and oxygen atoms in total. The largest absolute Gasteiger partial charge is 0.333 e. The SMILES string of the molecule is CCCn1cnc2c1c(=O)n(C(C)CCP(=O)(OCC)OCC)c(=O)n2C1CC1. The van der Waals surface area contributed by atoms with Gasteiger partial charge in [-0.3, -0.25) is 18.5 Å². The van der Waals surface area contributed by atoms with E-state index >= 15 is 0 Å². The first-order valence-electron chi connectivity index (χ1n) is 10.5. The molecule has 2 heterocycles. The van der Waals surface area contributed by atoms with Gasteiger partial charge in [-0.05, 0) is 46.5 Å². The van der Waals surface area contributed by atoms with Crippen LogP contribution in [-0.2, 0) is 20.2 Å². The molecule has 10 heteroatoms. The number of fused-ring (bicyclic) bond motifs is 1. The Hall–Kier alpha value is -1.70. The molecule has 1 saturated carbocycles. The van der Waals surface area contributed by atoms with Gasteiger partial charge in [0.15, 0.2) is 11.2 Å². The summed E-state index contributed by atoms with van der Waals surface area (Å²) < 4.78 is 28.2. The summed E-state index contributed by atoms with van der Waals surface area (Å²) in [5.41, 5.74) is 0.238. The molecule has 0 saturated heterocycles. The van der Waals surface area contributed by atoms with Crippen molar-refractivity contribution in [3.63, 3.8) is 0 Å². The van der Waals surface area contributed by atoms with Gasteiger partial charge in [0.25, 0.3) is 5.56 Å². The Balaban J connectivity index is 2.02. The highest BCUT2D eigenvalue weighted by molar-refractivity contribution is 7.53. The van der Waals surface area contributed by atoms with Crippen molar-refractivity contribution in [3.8, 4) is 0 Å². The van der Waals surface area contributed by atoms with Crippen molar-refractivity contribution in [2.24, 2.45) is 0 Å². The molecule has 3 rings (SSSR count). The quantitative estimate of drug-likeness (QED) is 0.511. The molecule has 1 aliphatic carbocycles. The molecule has 2 aromatic rings. The Morgan fingerprint density at radius 3 is 2.41 bits per heavy atom. The number of rotatable bonds is 11. The zero-order valence-electron chi connectivity index (χ0n) is 17.7. The van der Waals surface area contributed by atoms with Crippen LogP contribution in [-0.4, -0.2) is 38.1 Å². The molecular weight excluding hydrogens is 395 g/mol. The third kappa shape index (κ3) is 4.42. The molecule has 0 bridgehead atoms. The van der Waals surface area contributed by atoms with Crippen LogP contribution < -0.4 is 11.2 Å². The second-order valence-corrected chi connectivity index (χ2v) is 9.66. The molecule has 162 valence electrons. The maximum Gasteiger partial charge on any atom is 0.333 e. The third-order valence-electron chi connectivity index (χ3n) is 5.17. The first-order valence-corrected chi connectivity index (χ1v) is 12.2. The van der Waals surface area contributed by atoms with Crippen LogP contribution in [0.3, 0.4) is 0 Å². The molecule has 0 spiro atoms. The van der Waals surface area contributed by atoms with Crippen LogP contribution in [0.15, 0.2) is 15.9 Å². The van der Waals surface area contributed by atoms with Crippen molar-refractivity contribution >= 4 is 18.8 Å². The molecule has 1 unspecified atom stereocenters. The first-order chi connectivity index (χ1) is 13.9. The summed E-state index contributed by atoms with van der Waals surface area (Å²) in [7, 11) is -3.24. The lowest BCUT2D eigenvalue weighted by molar-refractivity contribution is 0.218. The average molecular weight is 426 g/mol. The summed E-state index contributed by atoms with van der Waals surface area (Å²) in [6, 6.07) is -0.351. The number of hydrogen-bond donors (Lipinski definition) is 0. The van der Waals surface area contributed by atoms with E-state index in [1.807, 2.05) is 11.5 Å². The van der Waals surface area contributed by atoms with E-state index in [4.69, 9.17) is 9.05 Å². The van der Waals surface area contributed by atoms with Gasteiger partial charge in [-0.1, -0.05) is 6.92 Å². The van der Waals surface area contributed by atoms with Gasteiger partial charge in [-0.25, -0.2) is 9.78 Å². The predicted molar refractivity (Wildman–Crippen MR) is 112 cm³/mol. The van der Waals surface area contributed by atoms with Gasteiger partial charge in [-0.15, -0.1) is 0 Å². The van der Waals surface area contributed by atoms with Crippen molar-refractivity contribution in [2.45, 2.75) is 72.0 Å². The van der Waals surface area contributed by atoms with Gasteiger partial charge >= 0.3 is 13.3 Å². The Kier molecular flexibility index (Phi) is 6.81. The van der Waals surface area contributed by atoms with Crippen molar-refractivity contribution in [1.82, 2.24) is 18.7 Å². The molecule has 0 aromatic carbocycles. The van der Waals surface area contributed by atoms with Crippen LogP contribution in [0.4, 0.5) is 0 Å². The maximum atomic E-state index is 13.3. The fraction of sp³-hybridized carbons (Fsp3) is 0.737. The molecule has 0 aliphatic heterocycles. The lowest BCUT2D eigenvalue weighted by Gasteiger charge is -2.21. The Morgan fingerprint density at radius 2 is 1.86 bits per heavy atom. The number of aryl methyl sites for hydroxylation is 1. The van der Waals surface area contributed by atoms with E-state index < -0.39 is 13.6 Å². The van der Waals surface area contributed by atoms with E-state index in [0.29, 0.717) is 24.1 Å². The fourth-order valence-electron chi connectivity index (χ4n) is 3.67. The number of hydrogen-bond acceptors (Lipinski definition) is 6. The third-order valence-corrected chi connectivity index (χ3v) is 7.28. The van der Waals surface area contributed by atoms with Crippen LogP contribution in [0.1, 0.15) is 65.5 Å². The van der Waals surface area contributed by atoms with Gasteiger partial charge in [0, 0.05) is 18.6 Å². The van der Waals surface area contributed by atoms with E-state index in [9.17, 15) is 14.2 Å². The zero-order valence-corrected chi connectivity index (χ0v) is 18.6. The van der Waals surface area contributed by atoms with Crippen molar-refractivity contribution in [1.29, 1.82) is 0 Å². The maximum absolute atomic E-state index is 13.3. The van der Waals surface area contributed by atoms with Crippen molar-refractivity contribution in [2.75, 3.05) is 19.4 Å². The lowest BCUT2D eigenvalue weighted by atomic mass is 10.2. The van der Waals surface area contributed by atoms with E-state index in [-0.39, 0.29) is 36.7 Å². The normalized spacial score (nSPS) is 15.9. The topological polar surface area (TPSA) is 97.4 Å². The smallest absolute Gasteiger partial charge is 0.325 e. The summed E-state index contributed by atoms with van der Waals surface area (Å²) in [5.74, 6) is 0. The summed E-state index contributed by atoms with van der Waals surface area (Å²) in [5, 5.41) is 0. The molecule has 1 fully saturated rings. The van der Waals surface area contributed by atoms with E-state index in [1.165, 1.54) is 4.57 Å². The summed E-state index contributed by atoms with van der Waals surface area (Å²) in [4.78, 5) is 30.9. The zero-order chi connectivity index (χ0) is 21.2. The van der Waals surface area contributed by atoms with Crippen LogP contribution >= 0.6 is 7.60 Å².